The lowest BCUT2D eigenvalue weighted by Gasteiger charge is -2.37. The fraction of sp³-hybridized carbons (Fsp3) is 0.657. The minimum atomic E-state index is -5.48. The Bertz CT molecular complexity index is 3170. The van der Waals surface area contributed by atoms with E-state index in [-0.39, 0.29) is 50.1 Å². The Kier molecular flexibility index (Phi) is 30.3. The molecule has 10 atom stereocenters. The molecule has 99 heavy (non-hydrogen) atoms. The number of fused-ring (bicyclic) bond motifs is 1. The highest BCUT2D eigenvalue weighted by Gasteiger charge is 2.51. The van der Waals surface area contributed by atoms with Crippen LogP contribution in [0.1, 0.15) is 129 Å². The van der Waals surface area contributed by atoms with Gasteiger partial charge in [0.25, 0.3) is 5.92 Å². The van der Waals surface area contributed by atoms with E-state index >= 15 is 8.78 Å². The smallest absolute Gasteiger partial charge is 0.354 e. The lowest BCUT2D eigenvalue weighted by atomic mass is 9.95. The van der Waals surface area contributed by atoms with Crippen molar-refractivity contribution in [3.63, 3.8) is 0 Å². The van der Waals surface area contributed by atoms with Crippen LogP contribution in [0, 0.1) is 29.4 Å². The molecule has 2 saturated heterocycles. The maximum Gasteiger partial charge on any atom is 0.422 e. The monoisotopic (exact) mass is 1420 g/mol. The van der Waals surface area contributed by atoms with Crippen LogP contribution >= 0.6 is 0 Å². The SMILES string of the molecule is CC[C@H](C)[C@@H]1NC(=O)[C@H](CC(C)C)N(C)C(=O)C[C@@H](C)N(C)C(=O)[C@H]([C@@H](C)CC)N(C)C(=O)CCCCNC(=O)[C@@H]2CC(F)(F)CN2C(=O)[C@H](CCc2cc(F)c(C(F)(F)F)c(F)c2)NC(=O)CN(C)C(=O)[C@H](Cc2ccc(C(F)(F)F)cc2)N(C)CC(C=O)N(C)C(=O)CN(C)C1=O. The van der Waals surface area contributed by atoms with Crippen molar-refractivity contribution < 1.29 is 96.6 Å². The van der Waals surface area contributed by atoms with Gasteiger partial charge in [-0.3, -0.25) is 52.8 Å². The van der Waals surface area contributed by atoms with Gasteiger partial charge in [-0.15, -0.1) is 0 Å². The molecule has 2 aliphatic heterocycles. The summed E-state index contributed by atoms with van der Waals surface area (Å²) in [5.41, 5.74) is -3.66. The van der Waals surface area contributed by atoms with Gasteiger partial charge in [0.2, 0.25) is 59.1 Å². The van der Waals surface area contributed by atoms with Crippen LogP contribution in [0.15, 0.2) is 36.4 Å². The molecule has 10 amide bonds. The topological polar surface area (TPSA) is 250 Å². The molecule has 0 radical (unpaired) electrons. The molecule has 22 nitrogen and oxygen atoms in total. The van der Waals surface area contributed by atoms with Gasteiger partial charge in [0.05, 0.1) is 37.3 Å². The number of rotatable bonds is 12. The zero-order valence-electron chi connectivity index (χ0n) is 58.6. The van der Waals surface area contributed by atoms with E-state index in [2.05, 4.69) is 16.0 Å². The van der Waals surface area contributed by atoms with Crippen molar-refractivity contribution in [3.05, 3.63) is 70.3 Å². The van der Waals surface area contributed by atoms with Gasteiger partial charge in [-0.05, 0) is 106 Å². The zero-order valence-corrected chi connectivity index (χ0v) is 58.6. The maximum absolute atomic E-state index is 15.5. The van der Waals surface area contributed by atoms with Crippen LogP contribution in [0.3, 0.4) is 0 Å². The second kappa shape index (κ2) is 35.9. The summed E-state index contributed by atoms with van der Waals surface area (Å²) in [6, 6.07) is -6.91. The number of hydrogen-bond donors (Lipinski definition) is 3. The lowest BCUT2D eigenvalue weighted by Crippen LogP contribution is -2.58. The first-order chi connectivity index (χ1) is 45.9. The second-order valence-electron chi connectivity index (χ2n) is 26.7. The van der Waals surface area contributed by atoms with E-state index in [1.807, 2.05) is 20.8 Å². The number of carbonyl (C=O) groups is 11. The molecule has 0 bridgehead atoms. The predicted molar refractivity (Wildman–Crippen MR) is 343 cm³/mol. The predicted octanol–water partition coefficient (Wildman–Crippen LogP) is 5.96. The Morgan fingerprint density at radius 2 is 1.23 bits per heavy atom. The number of amides is 10. The van der Waals surface area contributed by atoms with Crippen LogP contribution in [0.2, 0.25) is 0 Å². The third-order valence-corrected chi connectivity index (χ3v) is 18.6. The molecule has 32 heteroatoms. The molecule has 0 spiro atoms. The fourth-order valence-corrected chi connectivity index (χ4v) is 11.9. The van der Waals surface area contributed by atoms with Crippen LogP contribution in [0.4, 0.5) is 43.9 Å². The molecule has 0 aromatic heterocycles. The fourth-order valence-electron chi connectivity index (χ4n) is 11.9. The average molecular weight is 1420 g/mol. The van der Waals surface area contributed by atoms with Crippen LogP contribution in [0.5, 0.6) is 0 Å². The van der Waals surface area contributed by atoms with Gasteiger partial charge in [0.15, 0.2) is 0 Å². The summed E-state index contributed by atoms with van der Waals surface area (Å²) >= 11 is 0. The quantitative estimate of drug-likeness (QED) is 0.165. The summed E-state index contributed by atoms with van der Waals surface area (Å²) in [7, 11) is 9.20. The number of benzene rings is 2. The number of carbonyl (C=O) groups excluding carboxylic acids is 11. The Morgan fingerprint density at radius 1 is 0.646 bits per heavy atom. The number of likely N-dealkylation sites (N-methyl/N-ethyl adjacent to an activating group) is 7. The highest BCUT2D eigenvalue weighted by Crippen LogP contribution is 2.36. The van der Waals surface area contributed by atoms with E-state index in [1.165, 1.54) is 61.9 Å². The van der Waals surface area contributed by atoms with Crippen molar-refractivity contribution in [3.8, 4) is 0 Å². The molecule has 0 saturated carbocycles. The van der Waals surface area contributed by atoms with Crippen molar-refractivity contribution in [2.24, 2.45) is 17.8 Å². The van der Waals surface area contributed by atoms with E-state index in [0.29, 0.717) is 36.2 Å². The van der Waals surface area contributed by atoms with Crippen LogP contribution in [-0.2, 0) is 77.9 Å². The standard InChI is InChI=1S/C67H95F10N11O11/c1-15-39(5)57-63(98)83(10)35-55(93)85(12)45(36-89)33-81(8)50(31-42-20-23-44(24-21-42)66(72,73)74)62(97)82(9)34-52(90)79-48(25-22-43-29-46(68)56(47(69)30-43)67(75,76)77)61(96)88-37-65(70,71)32-51(88)59(94)78-26-18-17-19-53(91)87(14)58(40(6)16-2)64(99)84(11)41(7)28-54(92)86(13)49(27-38(3)4)60(95)80-57/h20-21,23-24,29-30,36,38-41,45,48-51,57-58H,15-19,22,25-28,31-35,37H2,1-14H3,(H,78,94)(H,79,90)(H,80,95)/t39-,40-,41+,45?,48-,49-,50-,51-,57-,58-/m0/s1. The van der Waals surface area contributed by atoms with Crippen LogP contribution in [0.25, 0.3) is 0 Å². The Labute approximate surface area is 571 Å². The molecule has 1 unspecified atom stereocenters. The second-order valence-corrected chi connectivity index (χ2v) is 26.7. The van der Waals surface area contributed by atoms with Gasteiger partial charge in [-0.25, -0.2) is 17.6 Å². The highest BCUT2D eigenvalue weighted by molar-refractivity contribution is 5.96. The maximum atomic E-state index is 15.5. The lowest BCUT2D eigenvalue weighted by molar-refractivity contribution is -0.148. The first-order valence-corrected chi connectivity index (χ1v) is 32.9. The number of nitrogens with one attached hydrogen (secondary N) is 3. The Morgan fingerprint density at radius 3 is 1.78 bits per heavy atom. The molecule has 2 heterocycles. The normalized spacial score (nSPS) is 25.0. The number of halogens is 10. The molecular formula is C67H95F10N11O11. The Hall–Kier alpha value is -7.93. The van der Waals surface area contributed by atoms with Gasteiger partial charge < -0.3 is 55.0 Å². The third kappa shape index (κ3) is 22.8. The number of alkyl halides is 8. The van der Waals surface area contributed by atoms with Crippen molar-refractivity contribution in [1.29, 1.82) is 0 Å². The molecule has 2 aliphatic rings. The summed E-state index contributed by atoms with van der Waals surface area (Å²) in [6.07, 6.45) is -12.5. The zero-order chi connectivity index (χ0) is 75.1. The minimum Gasteiger partial charge on any atom is -0.354 e. The average Bonchev–Trinajstić information content (AvgIpc) is 1.73. The molecule has 4 rings (SSSR count). The molecule has 2 aromatic rings. The first kappa shape index (κ1) is 83.5. The summed E-state index contributed by atoms with van der Waals surface area (Å²) in [5, 5.41) is 7.58. The number of aryl methyl sites for hydroxylation is 1. The van der Waals surface area contributed by atoms with Crippen molar-refractivity contribution >= 4 is 65.4 Å². The van der Waals surface area contributed by atoms with Gasteiger partial charge in [0.1, 0.15) is 53.7 Å². The Balaban J connectivity index is 1.82. The third-order valence-electron chi connectivity index (χ3n) is 18.6. The highest BCUT2D eigenvalue weighted by atomic mass is 19.4. The molecule has 554 valence electrons. The van der Waals surface area contributed by atoms with Crippen molar-refractivity contribution in [2.45, 2.75) is 186 Å². The van der Waals surface area contributed by atoms with Crippen molar-refractivity contribution in [2.75, 3.05) is 82.1 Å². The summed E-state index contributed by atoms with van der Waals surface area (Å²) in [6.45, 7) is 8.44. The molecule has 0 aliphatic carbocycles. The van der Waals surface area contributed by atoms with E-state index < -0.39 is 218 Å². The number of aldehydes is 1. The van der Waals surface area contributed by atoms with Gasteiger partial charge in [0, 0.05) is 80.7 Å². The largest absolute Gasteiger partial charge is 0.422 e. The molecule has 3 N–H and O–H groups in total. The number of hydrogen-bond acceptors (Lipinski definition) is 12. The minimum absolute atomic E-state index is 0.0545. The molecular weight excluding hydrogens is 1320 g/mol. The summed E-state index contributed by atoms with van der Waals surface area (Å²) < 4.78 is 143. The van der Waals surface area contributed by atoms with Gasteiger partial charge >= 0.3 is 12.4 Å². The molecule has 2 fully saturated rings. The van der Waals surface area contributed by atoms with E-state index in [4.69, 9.17) is 0 Å². The van der Waals surface area contributed by atoms with Crippen LogP contribution < -0.4 is 16.0 Å². The first-order valence-electron chi connectivity index (χ1n) is 32.9. The van der Waals surface area contributed by atoms with E-state index in [9.17, 15) is 87.9 Å². The summed E-state index contributed by atoms with van der Waals surface area (Å²) in [5.74, 6) is -17.5. The van der Waals surface area contributed by atoms with Gasteiger partial charge in [-0.1, -0.05) is 66.5 Å². The van der Waals surface area contributed by atoms with E-state index in [0.717, 1.165) is 46.0 Å². The van der Waals surface area contributed by atoms with Crippen LogP contribution in [-0.4, -0.2) is 241 Å². The van der Waals surface area contributed by atoms with Gasteiger partial charge in [-0.2, -0.15) is 26.3 Å². The summed E-state index contributed by atoms with van der Waals surface area (Å²) in [4.78, 5) is 164. The number of nitrogens with zero attached hydrogens (tertiary/aromatic N) is 8. The van der Waals surface area contributed by atoms with Crippen molar-refractivity contribution in [1.82, 2.24) is 55.1 Å². The molecule has 2 aromatic carbocycles. The van der Waals surface area contributed by atoms with E-state index in [1.54, 1.807) is 27.7 Å².